The molecular formula is C14H18N4O. The number of para-hydroxylation sites is 1. The van der Waals surface area contributed by atoms with Crippen LogP contribution in [0, 0.1) is 6.92 Å². The van der Waals surface area contributed by atoms with E-state index in [0.717, 1.165) is 11.4 Å². The van der Waals surface area contributed by atoms with Crippen molar-refractivity contribution < 1.29 is 4.79 Å². The normalized spacial score (nSPS) is 10.8. The molecule has 2 aromatic rings. The Labute approximate surface area is 112 Å². The first-order valence-corrected chi connectivity index (χ1v) is 6.21. The first kappa shape index (κ1) is 13.3. The van der Waals surface area contributed by atoms with Crippen LogP contribution in [0.3, 0.4) is 0 Å². The van der Waals surface area contributed by atoms with Gasteiger partial charge in [0.1, 0.15) is 0 Å². The van der Waals surface area contributed by atoms with E-state index in [2.05, 4.69) is 30.4 Å². The van der Waals surface area contributed by atoms with E-state index in [1.54, 1.807) is 4.68 Å². The fraction of sp³-hybridized carbons (Fsp3) is 0.286. The number of aromatic nitrogens is 2. The number of carbonyl (C=O) groups is 1. The predicted molar refractivity (Wildman–Crippen MR) is 74.0 cm³/mol. The summed E-state index contributed by atoms with van der Waals surface area (Å²) in [5.74, 6) is 5.22. The van der Waals surface area contributed by atoms with Gasteiger partial charge in [0, 0.05) is 0 Å². The third-order valence-electron chi connectivity index (χ3n) is 3.17. The quantitative estimate of drug-likeness (QED) is 0.502. The summed E-state index contributed by atoms with van der Waals surface area (Å²) < 4.78 is 1.78. The third-order valence-corrected chi connectivity index (χ3v) is 3.17. The van der Waals surface area contributed by atoms with Gasteiger partial charge in [0.2, 0.25) is 0 Å². The average Bonchev–Trinajstić information content (AvgIpc) is 2.79. The number of hydrazine groups is 1. The van der Waals surface area contributed by atoms with E-state index in [1.807, 2.05) is 25.1 Å². The van der Waals surface area contributed by atoms with Crippen LogP contribution in [0.15, 0.2) is 30.5 Å². The van der Waals surface area contributed by atoms with Crippen LogP contribution in [-0.4, -0.2) is 15.7 Å². The summed E-state index contributed by atoms with van der Waals surface area (Å²) in [6.45, 7) is 6.12. The van der Waals surface area contributed by atoms with Gasteiger partial charge in [-0.2, -0.15) is 5.10 Å². The first-order valence-electron chi connectivity index (χ1n) is 6.21. The molecule has 1 aromatic carbocycles. The van der Waals surface area contributed by atoms with E-state index in [9.17, 15) is 4.79 Å². The minimum absolute atomic E-state index is 0.328. The second kappa shape index (κ2) is 5.24. The van der Waals surface area contributed by atoms with Crippen molar-refractivity contribution in [2.24, 2.45) is 5.84 Å². The fourth-order valence-corrected chi connectivity index (χ4v) is 2.12. The minimum atomic E-state index is -0.328. The van der Waals surface area contributed by atoms with Gasteiger partial charge < -0.3 is 0 Å². The molecule has 0 saturated carbocycles. The molecule has 0 atom stereocenters. The lowest BCUT2D eigenvalue weighted by Gasteiger charge is -2.14. The lowest BCUT2D eigenvalue weighted by Crippen LogP contribution is -2.30. The molecule has 0 aliphatic rings. The zero-order valence-electron chi connectivity index (χ0n) is 11.3. The van der Waals surface area contributed by atoms with E-state index in [4.69, 9.17) is 5.84 Å². The molecule has 0 radical (unpaired) electrons. The fourth-order valence-electron chi connectivity index (χ4n) is 2.12. The topological polar surface area (TPSA) is 72.9 Å². The number of hydrogen-bond acceptors (Lipinski definition) is 3. The molecular weight excluding hydrogens is 240 g/mol. The molecule has 100 valence electrons. The van der Waals surface area contributed by atoms with Crippen molar-refractivity contribution in [2.45, 2.75) is 26.7 Å². The summed E-state index contributed by atoms with van der Waals surface area (Å²) in [7, 11) is 0. The highest BCUT2D eigenvalue weighted by Gasteiger charge is 2.16. The van der Waals surface area contributed by atoms with E-state index in [0.29, 0.717) is 11.5 Å². The number of nitrogens with two attached hydrogens (primary N) is 1. The number of nitrogen functional groups attached to an aromatic ring is 1. The van der Waals surface area contributed by atoms with Gasteiger partial charge in [-0.25, -0.2) is 10.5 Å². The van der Waals surface area contributed by atoms with Gasteiger partial charge >= 0.3 is 0 Å². The van der Waals surface area contributed by atoms with Crippen molar-refractivity contribution in [2.75, 3.05) is 0 Å². The Hall–Kier alpha value is -2.14. The average molecular weight is 258 g/mol. The zero-order chi connectivity index (χ0) is 14.0. The molecule has 1 aromatic heterocycles. The molecule has 0 aliphatic carbocycles. The highest BCUT2D eigenvalue weighted by molar-refractivity contribution is 5.94. The maximum Gasteiger partial charge on any atom is 0.268 e. The number of nitrogens with zero attached hydrogens (tertiary/aromatic N) is 2. The standard InChI is InChI=1S/C14H18N4O/c1-9(2)11-6-4-5-7-13(11)18-10(3)12(8-16-18)14(19)17-15/h4-9H,15H2,1-3H3,(H,17,19). The van der Waals surface area contributed by atoms with Crippen LogP contribution >= 0.6 is 0 Å². The van der Waals surface area contributed by atoms with E-state index >= 15 is 0 Å². The molecule has 1 heterocycles. The van der Waals surface area contributed by atoms with Gasteiger partial charge in [0.15, 0.2) is 0 Å². The van der Waals surface area contributed by atoms with E-state index in [1.165, 1.54) is 11.8 Å². The van der Waals surface area contributed by atoms with Crippen LogP contribution in [0.25, 0.3) is 5.69 Å². The Morgan fingerprint density at radius 2 is 2.05 bits per heavy atom. The molecule has 0 aliphatic heterocycles. The lowest BCUT2D eigenvalue weighted by molar-refractivity contribution is 0.0953. The maximum atomic E-state index is 11.6. The zero-order valence-corrected chi connectivity index (χ0v) is 11.3. The first-order chi connectivity index (χ1) is 9.06. The second-order valence-corrected chi connectivity index (χ2v) is 4.74. The smallest absolute Gasteiger partial charge is 0.268 e. The molecule has 0 saturated heterocycles. The van der Waals surface area contributed by atoms with Crippen molar-refractivity contribution in [1.29, 1.82) is 0 Å². The maximum absolute atomic E-state index is 11.6. The van der Waals surface area contributed by atoms with Crippen LogP contribution in [-0.2, 0) is 0 Å². The van der Waals surface area contributed by atoms with Crippen molar-refractivity contribution in [3.05, 3.63) is 47.3 Å². The van der Waals surface area contributed by atoms with Gasteiger partial charge in [0.05, 0.1) is 23.1 Å². The highest BCUT2D eigenvalue weighted by atomic mass is 16.2. The minimum Gasteiger partial charge on any atom is -0.290 e. The van der Waals surface area contributed by atoms with E-state index < -0.39 is 0 Å². The van der Waals surface area contributed by atoms with Gasteiger partial charge in [-0.1, -0.05) is 32.0 Å². The summed E-state index contributed by atoms with van der Waals surface area (Å²) in [5, 5.41) is 4.30. The molecule has 3 N–H and O–H groups in total. The number of carbonyl (C=O) groups excluding carboxylic acids is 1. The van der Waals surface area contributed by atoms with Crippen LogP contribution in [0.4, 0.5) is 0 Å². The molecule has 0 bridgehead atoms. The Morgan fingerprint density at radius 3 is 2.68 bits per heavy atom. The Bertz CT molecular complexity index is 601. The molecule has 5 heteroatoms. The molecule has 2 rings (SSSR count). The van der Waals surface area contributed by atoms with Crippen LogP contribution in [0.2, 0.25) is 0 Å². The van der Waals surface area contributed by atoms with Crippen molar-refractivity contribution in [3.8, 4) is 5.69 Å². The number of benzene rings is 1. The molecule has 0 fully saturated rings. The summed E-state index contributed by atoms with van der Waals surface area (Å²) in [6.07, 6.45) is 1.54. The number of rotatable bonds is 3. The van der Waals surface area contributed by atoms with Crippen LogP contribution < -0.4 is 11.3 Å². The van der Waals surface area contributed by atoms with Crippen LogP contribution in [0.5, 0.6) is 0 Å². The summed E-state index contributed by atoms with van der Waals surface area (Å²) in [4.78, 5) is 11.6. The van der Waals surface area contributed by atoms with Gasteiger partial charge in [-0.05, 0) is 24.5 Å². The van der Waals surface area contributed by atoms with Gasteiger partial charge in [0.25, 0.3) is 5.91 Å². The van der Waals surface area contributed by atoms with E-state index in [-0.39, 0.29) is 5.91 Å². The number of hydrogen-bond donors (Lipinski definition) is 2. The monoisotopic (exact) mass is 258 g/mol. The predicted octanol–water partition coefficient (Wildman–Crippen LogP) is 1.91. The summed E-state index contributed by atoms with van der Waals surface area (Å²) in [5.41, 5.74) is 5.57. The van der Waals surface area contributed by atoms with Crippen LogP contribution in [0.1, 0.15) is 41.4 Å². The van der Waals surface area contributed by atoms with Gasteiger partial charge in [-0.15, -0.1) is 0 Å². The molecule has 5 nitrogen and oxygen atoms in total. The third kappa shape index (κ3) is 2.37. The highest BCUT2D eigenvalue weighted by Crippen LogP contribution is 2.24. The second-order valence-electron chi connectivity index (χ2n) is 4.74. The lowest BCUT2D eigenvalue weighted by atomic mass is 10.0. The Kier molecular flexibility index (Phi) is 3.66. The van der Waals surface area contributed by atoms with Crippen molar-refractivity contribution >= 4 is 5.91 Å². The van der Waals surface area contributed by atoms with Crippen molar-refractivity contribution in [3.63, 3.8) is 0 Å². The Balaban J connectivity index is 2.55. The SMILES string of the molecule is Cc1c(C(=O)NN)cnn1-c1ccccc1C(C)C. The Morgan fingerprint density at radius 1 is 1.37 bits per heavy atom. The number of amides is 1. The summed E-state index contributed by atoms with van der Waals surface area (Å²) >= 11 is 0. The van der Waals surface area contributed by atoms with Crippen molar-refractivity contribution in [1.82, 2.24) is 15.2 Å². The molecule has 0 unspecified atom stereocenters. The van der Waals surface area contributed by atoms with Gasteiger partial charge in [-0.3, -0.25) is 10.2 Å². The largest absolute Gasteiger partial charge is 0.290 e. The number of nitrogens with one attached hydrogen (secondary N) is 1. The molecule has 0 spiro atoms. The summed E-state index contributed by atoms with van der Waals surface area (Å²) in [6, 6.07) is 8.04. The molecule has 19 heavy (non-hydrogen) atoms. The molecule has 1 amide bonds.